The second-order valence-electron chi connectivity index (χ2n) is 7.18. The first kappa shape index (κ1) is 19.3. The van der Waals surface area contributed by atoms with E-state index >= 15 is 0 Å². The van der Waals surface area contributed by atoms with Crippen molar-refractivity contribution in [2.75, 3.05) is 31.6 Å². The maximum absolute atomic E-state index is 13.4. The number of carbonyl (C=O) groups is 1. The molecule has 0 spiro atoms. The Hall–Kier alpha value is -2.50. The van der Waals surface area contributed by atoms with Crippen LogP contribution in [0.2, 0.25) is 0 Å². The fourth-order valence-corrected chi connectivity index (χ4v) is 3.48. The average Bonchev–Trinajstić information content (AvgIpc) is 2.71. The fraction of sp³-hybridized carbons (Fsp3) is 0.476. The summed E-state index contributed by atoms with van der Waals surface area (Å²) in [5.74, 6) is 0.557. The third-order valence-electron chi connectivity index (χ3n) is 5.07. The summed E-state index contributed by atoms with van der Waals surface area (Å²) in [5, 5.41) is 0. The van der Waals surface area contributed by atoms with Gasteiger partial charge in [-0.15, -0.1) is 0 Å². The zero-order chi connectivity index (χ0) is 19.2. The molecule has 1 atom stereocenters. The van der Waals surface area contributed by atoms with Crippen molar-refractivity contribution in [3.8, 4) is 11.1 Å². The van der Waals surface area contributed by atoms with Crippen LogP contribution in [0.25, 0.3) is 11.1 Å². The fourth-order valence-electron chi connectivity index (χ4n) is 3.48. The summed E-state index contributed by atoms with van der Waals surface area (Å²) in [7, 11) is 1.89. The zero-order valence-electron chi connectivity index (χ0n) is 16.1. The number of rotatable bonds is 6. The van der Waals surface area contributed by atoms with Crippen LogP contribution in [0, 0.1) is 11.7 Å². The highest BCUT2D eigenvalue weighted by molar-refractivity contribution is 5.79. The van der Waals surface area contributed by atoms with Gasteiger partial charge in [0.25, 0.3) is 0 Å². The molecule has 0 bridgehead atoms. The molecule has 144 valence electrons. The molecule has 3 rings (SSSR count). The molecular formula is C21H27FN4O. The van der Waals surface area contributed by atoms with Gasteiger partial charge in [0, 0.05) is 44.6 Å². The molecule has 0 aliphatic carbocycles. The van der Waals surface area contributed by atoms with Crippen molar-refractivity contribution in [3.05, 3.63) is 42.5 Å². The summed E-state index contributed by atoms with van der Waals surface area (Å²) in [6, 6.07) is 6.40. The molecule has 6 heteroatoms. The number of carbonyl (C=O) groups excluding carboxylic acids is 1. The Labute approximate surface area is 160 Å². The van der Waals surface area contributed by atoms with Crippen molar-refractivity contribution in [1.82, 2.24) is 14.9 Å². The van der Waals surface area contributed by atoms with E-state index in [-0.39, 0.29) is 17.6 Å². The highest BCUT2D eigenvalue weighted by Gasteiger charge is 2.28. The lowest BCUT2D eigenvalue weighted by atomic mass is 9.96. The number of benzene rings is 1. The van der Waals surface area contributed by atoms with Crippen molar-refractivity contribution in [1.29, 1.82) is 0 Å². The number of halogens is 1. The van der Waals surface area contributed by atoms with E-state index in [0.717, 1.165) is 49.9 Å². The van der Waals surface area contributed by atoms with Gasteiger partial charge >= 0.3 is 0 Å². The predicted octanol–water partition coefficient (Wildman–Crippen LogP) is 3.76. The van der Waals surface area contributed by atoms with Crippen molar-refractivity contribution >= 4 is 11.9 Å². The molecule has 2 heterocycles. The van der Waals surface area contributed by atoms with Crippen LogP contribution in [0.1, 0.15) is 32.6 Å². The summed E-state index contributed by atoms with van der Waals surface area (Å²) in [6.07, 6.45) is 7.41. The van der Waals surface area contributed by atoms with Gasteiger partial charge in [-0.1, -0.05) is 25.5 Å². The van der Waals surface area contributed by atoms with Crippen LogP contribution in [-0.2, 0) is 4.79 Å². The maximum Gasteiger partial charge on any atom is 0.227 e. The SMILES string of the molecule is CCCCN(C)C(=O)C1CCCN(c2ncc(-c3cccc(F)c3)cn2)C1. The summed E-state index contributed by atoms with van der Waals surface area (Å²) >= 11 is 0. The quantitative estimate of drug-likeness (QED) is 0.777. The Bertz CT molecular complexity index is 765. The number of piperidine rings is 1. The summed E-state index contributed by atoms with van der Waals surface area (Å²) in [5.41, 5.74) is 1.54. The van der Waals surface area contributed by atoms with Gasteiger partial charge in [-0.2, -0.15) is 0 Å². The lowest BCUT2D eigenvalue weighted by Crippen LogP contribution is -2.44. The second kappa shape index (κ2) is 8.93. The number of nitrogens with zero attached hydrogens (tertiary/aromatic N) is 4. The van der Waals surface area contributed by atoms with Crippen molar-refractivity contribution in [2.24, 2.45) is 5.92 Å². The Morgan fingerprint density at radius 1 is 1.30 bits per heavy atom. The molecule has 27 heavy (non-hydrogen) atoms. The third kappa shape index (κ3) is 4.81. The molecule has 5 nitrogen and oxygen atoms in total. The first-order chi connectivity index (χ1) is 13.1. The Morgan fingerprint density at radius 2 is 2.07 bits per heavy atom. The molecule has 1 aliphatic heterocycles. The molecular weight excluding hydrogens is 343 g/mol. The highest BCUT2D eigenvalue weighted by Crippen LogP contribution is 2.24. The van der Waals surface area contributed by atoms with Crippen LogP contribution >= 0.6 is 0 Å². The first-order valence-electron chi connectivity index (χ1n) is 9.66. The molecule has 1 fully saturated rings. The summed E-state index contributed by atoms with van der Waals surface area (Å²) in [4.78, 5) is 25.5. The van der Waals surface area contributed by atoms with Crippen LogP contribution in [0.3, 0.4) is 0 Å². The minimum atomic E-state index is -0.277. The monoisotopic (exact) mass is 370 g/mol. The minimum Gasteiger partial charge on any atom is -0.345 e. The van der Waals surface area contributed by atoms with E-state index in [1.807, 2.05) is 18.0 Å². The summed E-state index contributed by atoms with van der Waals surface area (Å²) in [6.45, 7) is 4.44. The lowest BCUT2D eigenvalue weighted by molar-refractivity contribution is -0.134. The van der Waals surface area contributed by atoms with Gasteiger partial charge in [0.2, 0.25) is 11.9 Å². The van der Waals surface area contributed by atoms with Gasteiger partial charge in [-0.25, -0.2) is 14.4 Å². The van der Waals surface area contributed by atoms with E-state index in [2.05, 4.69) is 21.8 Å². The van der Waals surface area contributed by atoms with Crippen LogP contribution in [-0.4, -0.2) is 47.5 Å². The largest absolute Gasteiger partial charge is 0.345 e. The molecule has 1 amide bonds. The summed E-state index contributed by atoms with van der Waals surface area (Å²) < 4.78 is 13.4. The number of unbranched alkanes of at least 4 members (excludes halogenated alkanes) is 1. The van der Waals surface area contributed by atoms with Crippen molar-refractivity contribution in [2.45, 2.75) is 32.6 Å². The number of hydrogen-bond acceptors (Lipinski definition) is 4. The maximum atomic E-state index is 13.4. The first-order valence-corrected chi connectivity index (χ1v) is 9.66. The van der Waals surface area contributed by atoms with Crippen LogP contribution in [0.4, 0.5) is 10.3 Å². The molecule has 1 aromatic carbocycles. The molecule has 1 aromatic heterocycles. The van der Waals surface area contributed by atoms with Gasteiger partial charge in [-0.05, 0) is 37.0 Å². The lowest BCUT2D eigenvalue weighted by Gasteiger charge is -2.34. The normalized spacial score (nSPS) is 17.0. The van der Waals surface area contributed by atoms with E-state index in [1.54, 1.807) is 18.5 Å². The molecule has 1 saturated heterocycles. The van der Waals surface area contributed by atoms with E-state index in [0.29, 0.717) is 12.5 Å². The van der Waals surface area contributed by atoms with E-state index in [1.165, 1.54) is 12.1 Å². The Balaban J connectivity index is 1.66. The van der Waals surface area contributed by atoms with Gasteiger partial charge in [-0.3, -0.25) is 4.79 Å². The zero-order valence-corrected chi connectivity index (χ0v) is 16.1. The predicted molar refractivity (Wildman–Crippen MR) is 105 cm³/mol. The van der Waals surface area contributed by atoms with Gasteiger partial charge in [0.1, 0.15) is 5.82 Å². The van der Waals surface area contributed by atoms with Crippen molar-refractivity contribution in [3.63, 3.8) is 0 Å². The molecule has 1 aliphatic rings. The minimum absolute atomic E-state index is 0.00731. The number of aromatic nitrogens is 2. The molecule has 0 radical (unpaired) electrons. The highest BCUT2D eigenvalue weighted by atomic mass is 19.1. The third-order valence-corrected chi connectivity index (χ3v) is 5.07. The van der Waals surface area contributed by atoms with Crippen LogP contribution in [0.15, 0.2) is 36.7 Å². The Kier molecular flexibility index (Phi) is 6.37. The standard InChI is InChI=1S/C21H27FN4O/c1-3-4-10-25(2)20(27)17-8-6-11-26(15-17)21-23-13-18(14-24-21)16-7-5-9-19(22)12-16/h5,7,9,12-14,17H,3-4,6,8,10-11,15H2,1-2H3. The Morgan fingerprint density at radius 3 is 2.78 bits per heavy atom. The number of hydrogen-bond donors (Lipinski definition) is 0. The van der Waals surface area contributed by atoms with E-state index < -0.39 is 0 Å². The number of amides is 1. The molecule has 1 unspecified atom stereocenters. The van der Waals surface area contributed by atoms with Crippen molar-refractivity contribution < 1.29 is 9.18 Å². The number of anilines is 1. The smallest absolute Gasteiger partial charge is 0.227 e. The van der Waals surface area contributed by atoms with Gasteiger partial charge in [0.05, 0.1) is 5.92 Å². The van der Waals surface area contributed by atoms with E-state index in [9.17, 15) is 9.18 Å². The van der Waals surface area contributed by atoms with Crippen LogP contribution < -0.4 is 4.90 Å². The second-order valence-corrected chi connectivity index (χ2v) is 7.18. The topological polar surface area (TPSA) is 49.3 Å². The molecule has 2 aromatic rings. The average molecular weight is 370 g/mol. The van der Waals surface area contributed by atoms with Crippen LogP contribution in [0.5, 0.6) is 0 Å². The van der Waals surface area contributed by atoms with E-state index in [4.69, 9.17) is 0 Å². The molecule has 0 saturated carbocycles. The van der Waals surface area contributed by atoms with Gasteiger partial charge in [0.15, 0.2) is 0 Å². The van der Waals surface area contributed by atoms with Gasteiger partial charge < -0.3 is 9.80 Å². The molecule has 0 N–H and O–H groups in total.